The Morgan fingerprint density at radius 1 is 1.03 bits per heavy atom. The molecule has 2 aromatic carbocycles. The van der Waals surface area contributed by atoms with Crippen LogP contribution in [0.4, 0.5) is 0 Å². The van der Waals surface area contributed by atoms with E-state index in [2.05, 4.69) is 10.1 Å². The topological polar surface area (TPSA) is 69.8 Å². The van der Waals surface area contributed by atoms with E-state index >= 15 is 0 Å². The molecule has 0 bridgehead atoms. The zero-order chi connectivity index (χ0) is 20.5. The zero-order valence-electron chi connectivity index (χ0n) is 15.8. The lowest BCUT2D eigenvalue weighted by Gasteiger charge is -2.07. The minimum absolute atomic E-state index is 0.0504. The predicted octanol–water partition coefficient (Wildman–Crippen LogP) is 3.84. The number of carbonyl (C=O) groups excluding carboxylic acids is 1. The number of thioether (sulfide) groups is 1. The average Bonchev–Trinajstić information content (AvgIpc) is 3.10. The van der Waals surface area contributed by atoms with Crippen LogP contribution in [0.2, 0.25) is 5.02 Å². The molecule has 0 fully saturated rings. The Morgan fingerprint density at radius 2 is 1.66 bits per heavy atom. The zero-order valence-corrected chi connectivity index (χ0v) is 17.4. The van der Waals surface area contributed by atoms with E-state index in [1.165, 1.54) is 16.3 Å². The monoisotopic (exact) mass is 424 g/mol. The Labute approximate surface area is 176 Å². The van der Waals surface area contributed by atoms with Crippen molar-refractivity contribution in [3.8, 4) is 0 Å². The lowest BCUT2D eigenvalue weighted by atomic mass is 10.0. The number of ketones is 1. The molecule has 29 heavy (non-hydrogen) atoms. The Bertz CT molecular complexity index is 1260. The highest BCUT2D eigenvalue weighted by Crippen LogP contribution is 2.22. The van der Waals surface area contributed by atoms with Gasteiger partial charge in [0.25, 0.3) is 5.56 Å². The minimum atomic E-state index is -0.116. The number of fused-ring (bicyclic) bond motifs is 1. The maximum Gasteiger partial charge on any atom is 0.265 e. The van der Waals surface area contributed by atoms with Crippen LogP contribution < -0.4 is 5.56 Å². The van der Waals surface area contributed by atoms with Gasteiger partial charge < -0.3 is 0 Å². The fourth-order valence-corrected chi connectivity index (χ4v) is 3.98. The summed E-state index contributed by atoms with van der Waals surface area (Å²) < 4.78 is 3.12. The van der Waals surface area contributed by atoms with Crippen LogP contribution in [0.5, 0.6) is 0 Å². The van der Waals surface area contributed by atoms with Crippen LogP contribution in [-0.2, 0) is 19.8 Å². The van der Waals surface area contributed by atoms with E-state index < -0.39 is 0 Å². The first-order valence-electron chi connectivity index (χ1n) is 8.85. The van der Waals surface area contributed by atoms with Crippen molar-refractivity contribution in [1.29, 1.82) is 0 Å². The van der Waals surface area contributed by atoms with Crippen molar-refractivity contribution in [2.24, 2.45) is 14.1 Å². The van der Waals surface area contributed by atoms with Gasteiger partial charge >= 0.3 is 0 Å². The van der Waals surface area contributed by atoms with E-state index in [0.717, 1.165) is 5.56 Å². The molecule has 2 aromatic heterocycles. The summed E-state index contributed by atoms with van der Waals surface area (Å²) in [7, 11) is 3.47. The fourth-order valence-electron chi connectivity index (χ4n) is 2.94. The van der Waals surface area contributed by atoms with E-state index in [9.17, 15) is 9.59 Å². The molecule has 0 unspecified atom stereocenters. The highest BCUT2D eigenvalue weighted by Gasteiger charge is 2.12. The molecule has 0 N–H and O–H groups in total. The van der Waals surface area contributed by atoms with E-state index in [-0.39, 0.29) is 11.3 Å². The van der Waals surface area contributed by atoms with Crippen LogP contribution in [0.25, 0.3) is 11.0 Å². The first-order chi connectivity index (χ1) is 13.9. The van der Waals surface area contributed by atoms with Gasteiger partial charge in [-0.25, -0.2) is 4.98 Å². The fraction of sp³-hybridized carbons (Fsp3) is 0.143. The number of hydrogen-bond donors (Lipinski definition) is 0. The van der Waals surface area contributed by atoms with Crippen LogP contribution >= 0.6 is 23.4 Å². The molecule has 4 aromatic rings. The molecule has 0 saturated heterocycles. The highest BCUT2D eigenvalue weighted by atomic mass is 35.5. The summed E-state index contributed by atoms with van der Waals surface area (Å²) >= 11 is 7.33. The predicted molar refractivity (Wildman–Crippen MR) is 115 cm³/mol. The molecule has 146 valence electrons. The van der Waals surface area contributed by atoms with Crippen molar-refractivity contribution in [2.75, 3.05) is 0 Å². The standard InChI is InChI=1S/C21H17ClN4O2S/c1-25-11-17-19(24-25)23-21(26(2)20(17)28)29-12-13-3-5-14(6-4-13)18(27)15-7-9-16(22)10-8-15/h3-11H,12H2,1-2H3. The molecule has 0 aliphatic carbocycles. The molecular formula is C21H17ClN4O2S. The van der Waals surface area contributed by atoms with E-state index in [1.807, 2.05) is 12.1 Å². The van der Waals surface area contributed by atoms with Gasteiger partial charge in [0.15, 0.2) is 16.6 Å². The second kappa shape index (κ2) is 7.85. The van der Waals surface area contributed by atoms with Gasteiger partial charge in [-0.05, 0) is 29.8 Å². The molecule has 0 amide bonds. The number of aryl methyl sites for hydroxylation is 1. The summed E-state index contributed by atoms with van der Waals surface area (Å²) in [5.41, 5.74) is 2.57. The number of benzene rings is 2. The number of carbonyl (C=O) groups is 1. The summed E-state index contributed by atoms with van der Waals surface area (Å²) in [6.45, 7) is 0. The van der Waals surface area contributed by atoms with Gasteiger partial charge in [-0.2, -0.15) is 5.10 Å². The SMILES string of the molecule is Cn1cc2c(=O)n(C)c(SCc3ccc(C(=O)c4ccc(Cl)cc4)cc3)nc2n1. The second-order valence-electron chi connectivity index (χ2n) is 6.62. The Hall–Kier alpha value is -2.90. The van der Waals surface area contributed by atoms with E-state index in [1.54, 1.807) is 61.4 Å². The third kappa shape index (κ3) is 3.97. The van der Waals surface area contributed by atoms with Crippen molar-refractivity contribution in [3.05, 3.63) is 86.8 Å². The normalized spacial score (nSPS) is 11.1. The summed E-state index contributed by atoms with van der Waals surface area (Å²) in [4.78, 5) is 29.5. The maximum absolute atomic E-state index is 12.6. The lowest BCUT2D eigenvalue weighted by Crippen LogP contribution is -2.19. The van der Waals surface area contributed by atoms with Crippen molar-refractivity contribution in [3.63, 3.8) is 0 Å². The largest absolute Gasteiger partial charge is 0.290 e. The van der Waals surface area contributed by atoms with Gasteiger partial charge in [-0.15, -0.1) is 0 Å². The first-order valence-corrected chi connectivity index (χ1v) is 10.2. The molecular weight excluding hydrogens is 408 g/mol. The third-order valence-electron chi connectivity index (χ3n) is 4.52. The number of rotatable bonds is 5. The van der Waals surface area contributed by atoms with Crippen molar-refractivity contribution in [2.45, 2.75) is 10.9 Å². The first kappa shape index (κ1) is 19.4. The number of nitrogens with zero attached hydrogens (tertiary/aromatic N) is 4. The smallest absolute Gasteiger partial charge is 0.265 e. The van der Waals surface area contributed by atoms with Crippen LogP contribution in [0.1, 0.15) is 21.5 Å². The van der Waals surface area contributed by atoms with Crippen LogP contribution in [-0.4, -0.2) is 25.1 Å². The summed E-state index contributed by atoms with van der Waals surface area (Å²) in [5, 5.41) is 5.93. The molecule has 0 saturated carbocycles. The maximum atomic E-state index is 12.6. The molecule has 0 radical (unpaired) electrons. The molecule has 0 atom stereocenters. The Kier molecular flexibility index (Phi) is 5.25. The second-order valence-corrected chi connectivity index (χ2v) is 8.00. The van der Waals surface area contributed by atoms with Gasteiger partial charge in [0, 0.05) is 42.2 Å². The van der Waals surface area contributed by atoms with Crippen molar-refractivity contribution >= 4 is 40.2 Å². The van der Waals surface area contributed by atoms with Gasteiger partial charge in [-0.3, -0.25) is 18.8 Å². The van der Waals surface area contributed by atoms with Crippen LogP contribution in [0, 0.1) is 0 Å². The quantitative estimate of drug-likeness (QED) is 0.276. The Morgan fingerprint density at radius 3 is 2.31 bits per heavy atom. The summed E-state index contributed by atoms with van der Waals surface area (Å²) in [6, 6.07) is 14.3. The van der Waals surface area contributed by atoms with Crippen molar-refractivity contribution < 1.29 is 4.79 Å². The molecule has 0 aliphatic heterocycles. The lowest BCUT2D eigenvalue weighted by molar-refractivity contribution is 0.103. The molecule has 2 heterocycles. The van der Waals surface area contributed by atoms with Gasteiger partial charge in [0.2, 0.25) is 0 Å². The minimum Gasteiger partial charge on any atom is -0.290 e. The van der Waals surface area contributed by atoms with Gasteiger partial charge in [-0.1, -0.05) is 47.6 Å². The summed E-state index contributed by atoms with van der Waals surface area (Å²) in [6.07, 6.45) is 1.68. The third-order valence-corrected chi connectivity index (χ3v) is 5.88. The number of hydrogen-bond acceptors (Lipinski definition) is 5. The number of halogens is 1. The van der Waals surface area contributed by atoms with Gasteiger partial charge in [0.1, 0.15) is 5.39 Å². The van der Waals surface area contributed by atoms with E-state index in [4.69, 9.17) is 11.6 Å². The summed E-state index contributed by atoms with van der Waals surface area (Å²) in [5.74, 6) is 0.569. The number of aromatic nitrogens is 4. The average molecular weight is 425 g/mol. The van der Waals surface area contributed by atoms with E-state index in [0.29, 0.717) is 38.1 Å². The van der Waals surface area contributed by atoms with Gasteiger partial charge in [0.05, 0.1) is 0 Å². The molecule has 0 spiro atoms. The highest BCUT2D eigenvalue weighted by molar-refractivity contribution is 7.98. The molecule has 4 rings (SSSR count). The molecule has 6 nitrogen and oxygen atoms in total. The Balaban J connectivity index is 1.50. The van der Waals surface area contributed by atoms with Crippen LogP contribution in [0.15, 0.2) is 64.7 Å². The van der Waals surface area contributed by atoms with Crippen molar-refractivity contribution in [1.82, 2.24) is 19.3 Å². The van der Waals surface area contributed by atoms with Crippen LogP contribution in [0.3, 0.4) is 0 Å². The molecule has 0 aliphatic rings. The molecule has 8 heteroatoms.